The highest BCUT2D eigenvalue weighted by Gasteiger charge is 2.26. The maximum Gasteiger partial charge on any atom is 0.227 e. The molecule has 1 aromatic carbocycles. The van der Waals surface area contributed by atoms with Crippen LogP contribution < -0.4 is 10.2 Å². The fraction of sp³-hybridized carbons (Fsp3) is 0.588. The van der Waals surface area contributed by atoms with Crippen LogP contribution in [0.3, 0.4) is 0 Å². The summed E-state index contributed by atoms with van der Waals surface area (Å²) in [6.45, 7) is 5.30. The largest absolute Gasteiger partial charge is 0.316 e. The number of carbonyl (C=O) groups is 1. The molecule has 2 atom stereocenters. The van der Waals surface area contributed by atoms with Gasteiger partial charge in [-0.3, -0.25) is 4.79 Å². The summed E-state index contributed by atoms with van der Waals surface area (Å²) in [5, 5.41) is 3.37. The minimum Gasteiger partial charge on any atom is -0.316 e. The van der Waals surface area contributed by atoms with E-state index < -0.39 is 0 Å². The molecular formula is C17H25ClN2O. The topological polar surface area (TPSA) is 32.3 Å². The van der Waals surface area contributed by atoms with Gasteiger partial charge in [-0.1, -0.05) is 25.1 Å². The first-order chi connectivity index (χ1) is 9.74. The fourth-order valence-corrected chi connectivity index (χ4v) is 3.46. The standard InChI is InChI=1S/C17H24N2O.ClH/c1-13-10-15-4-2-3-5-16(15)19(12-13)17(20)7-6-14-8-9-18-11-14;/h2-5,13-14,18H,6-12H2,1H3;1H. The Morgan fingerprint density at radius 2 is 2.19 bits per heavy atom. The highest BCUT2D eigenvalue weighted by molar-refractivity contribution is 5.94. The Morgan fingerprint density at radius 1 is 1.38 bits per heavy atom. The average molecular weight is 309 g/mol. The van der Waals surface area contributed by atoms with Gasteiger partial charge in [0.25, 0.3) is 0 Å². The van der Waals surface area contributed by atoms with Crippen molar-refractivity contribution in [2.24, 2.45) is 11.8 Å². The lowest BCUT2D eigenvalue weighted by atomic mass is 9.93. The maximum absolute atomic E-state index is 12.6. The molecule has 1 fully saturated rings. The van der Waals surface area contributed by atoms with Crippen LogP contribution in [0.2, 0.25) is 0 Å². The highest BCUT2D eigenvalue weighted by atomic mass is 35.5. The molecule has 1 amide bonds. The zero-order valence-corrected chi connectivity index (χ0v) is 13.5. The van der Waals surface area contributed by atoms with Crippen molar-refractivity contribution in [3.8, 4) is 0 Å². The van der Waals surface area contributed by atoms with E-state index in [9.17, 15) is 4.79 Å². The first-order valence-corrected chi connectivity index (χ1v) is 7.83. The first kappa shape index (κ1) is 16.3. The SMILES string of the molecule is CC1Cc2ccccc2N(C(=O)CCC2CCNC2)C1.Cl. The van der Waals surface area contributed by atoms with Crippen LogP contribution in [0.4, 0.5) is 5.69 Å². The van der Waals surface area contributed by atoms with Crippen molar-refractivity contribution in [2.75, 3.05) is 24.5 Å². The molecule has 3 nitrogen and oxygen atoms in total. The Labute approximate surface area is 133 Å². The summed E-state index contributed by atoms with van der Waals surface area (Å²) in [5.74, 6) is 1.55. The van der Waals surface area contributed by atoms with Gasteiger partial charge in [0.05, 0.1) is 0 Å². The van der Waals surface area contributed by atoms with Gasteiger partial charge in [-0.05, 0) is 55.8 Å². The van der Waals surface area contributed by atoms with Crippen LogP contribution in [0.15, 0.2) is 24.3 Å². The molecule has 1 N–H and O–H groups in total. The summed E-state index contributed by atoms with van der Waals surface area (Å²) in [4.78, 5) is 14.6. The van der Waals surface area contributed by atoms with Crippen molar-refractivity contribution in [2.45, 2.75) is 32.6 Å². The van der Waals surface area contributed by atoms with Crippen molar-refractivity contribution in [3.05, 3.63) is 29.8 Å². The van der Waals surface area contributed by atoms with E-state index in [-0.39, 0.29) is 12.4 Å². The van der Waals surface area contributed by atoms with Gasteiger partial charge in [0.1, 0.15) is 0 Å². The fourth-order valence-electron chi connectivity index (χ4n) is 3.46. The number of fused-ring (bicyclic) bond motifs is 1. The molecule has 3 rings (SSSR count). The van der Waals surface area contributed by atoms with Gasteiger partial charge < -0.3 is 10.2 Å². The second kappa shape index (κ2) is 7.28. The first-order valence-electron chi connectivity index (χ1n) is 7.83. The van der Waals surface area contributed by atoms with Gasteiger partial charge in [0.2, 0.25) is 5.91 Å². The third kappa shape index (κ3) is 3.78. The number of hydrogen-bond acceptors (Lipinski definition) is 2. The minimum absolute atomic E-state index is 0. The highest BCUT2D eigenvalue weighted by Crippen LogP contribution is 2.30. The maximum atomic E-state index is 12.6. The molecule has 2 aliphatic rings. The molecule has 0 radical (unpaired) electrons. The van der Waals surface area contributed by atoms with E-state index in [1.807, 2.05) is 11.0 Å². The van der Waals surface area contributed by atoms with Gasteiger partial charge in [0, 0.05) is 18.7 Å². The zero-order valence-electron chi connectivity index (χ0n) is 12.7. The lowest BCUT2D eigenvalue weighted by molar-refractivity contribution is -0.119. The van der Waals surface area contributed by atoms with E-state index in [2.05, 4.69) is 30.4 Å². The molecule has 4 heteroatoms. The molecule has 0 aliphatic carbocycles. The number of halogens is 1. The third-order valence-corrected chi connectivity index (χ3v) is 4.57. The summed E-state index contributed by atoms with van der Waals surface area (Å²) in [7, 11) is 0. The van der Waals surface area contributed by atoms with E-state index in [4.69, 9.17) is 0 Å². The third-order valence-electron chi connectivity index (χ3n) is 4.57. The van der Waals surface area contributed by atoms with Crippen LogP contribution in [0, 0.1) is 11.8 Å². The Bertz CT molecular complexity index is 485. The predicted octanol–water partition coefficient (Wildman–Crippen LogP) is 3.02. The lowest BCUT2D eigenvalue weighted by Crippen LogP contribution is -2.39. The van der Waals surface area contributed by atoms with Crippen LogP contribution in [-0.4, -0.2) is 25.5 Å². The number of hydrogen-bond donors (Lipinski definition) is 1. The molecule has 2 aliphatic heterocycles. The molecule has 2 heterocycles. The van der Waals surface area contributed by atoms with Crippen LogP contribution in [0.1, 0.15) is 31.7 Å². The van der Waals surface area contributed by atoms with Crippen molar-refractivity contribution >= 4 is 24.0 Å². The van der Waals surface area contributed by atoms with Crippen LogP contribution in [0.25, 0.3) is 0 Å². The summed E-state index contributed by atoms with van der Waals surface area (Å²) >= 11 is 0. The number of nitrogens with zero attached hydrogens (tertiary/aromatic N) is 1. The van der Waals surface area contributed by atoms with Crippen LogP contribution in [-0.2, 0) is 11.2 Å². The van der Waals surface area contributed by atoms with E-state index in [1.54, 1.807) is 0 Å². The normalized spacial score (nSPS) is 24.3. The van der Waals surface area contributed by atoms with Gasteiger partial charge in [-0.25, -0.2) is 0 Å². The van der Waals surface area contributed by atoms with Gasteiger partial charge in [-0.15, -0.1) is 12.4 Å². The van der Waals surface area contributed by atoms with Crippen LogP contribution in [0.5, 0.6) is 0 Å². The Hall–Kier alpha value is -1.06. The number of carbonyl (C=O) groups excluding carboxylic acids is 1. The Balaban J connectivity index is 0.00000161. The lowest BCUT2D eigenvalue weighted by Gasteiger charge is -2.33. The average Bonchev–Trinajstić information content (AvgIpc) is 2.97. The van der Waals surface area contributed by atoms with Crippen LogP contribution >= 0.6 is 12.4 Å². The van der Waals surface area contributed by atoms with Gasteiger partial charge in [0.15, 0.2) is 0 Å². The monoisotopic (exact) mass is 308 g/mol. The molecule has 0 aromatic heterocycles. The quantitative estimate of drug-likeness (QED) is 0.931. The number of anilines is 1. The summed E-state index contributed by atoms with van der Waals surface area (Å²) in [5.41, 5.74) is 2.46. The Morgan fingerprint density at radius 3 is 2.95 bits per heavy atom. The molecule has 1 aromatic rings. The van der Waals surface area contributed by atoms with E-state index in [0.717, 1.165) is 38.2 Å². The van der Waals surface area contributed by atoms with Gasteiger partial charge >= 0.3 is 0 Å². The van der Waals surface area contributed by atoms with E-state index >= 15 is 0 Å². The van der Waals surface area contributed by atoms with Crippen molar-refractivity contribution in [3.63, 3.8) is 0 Å². The van der Waals surface area contributed by atoms with Crippen molar-refractivity contribution in [1.82, 2.24) is 5.32 Å². The van der Waals surface area contributed by atoms with Gasteiger partial charge in [-0.2, -0.15) is 0 Å². The number of benzene rings is 1. The van der Waals surface area contributed by atoms with Crippen molar-refractivity contribution in [1.29, 1.82) is 0 Å². The van der Waals surface area contributed by atoms with Crippen molar-refractivity contribution < 1.29 is 4.79 Å². The van der Waals surface area contributed by atoms with E-state index in [1.165, 1.54) is 12.0 Å². The number of rotatable bonds is 3. The zero-order chi connectivity index (χ0) is 13.9. The molecule has 0 bridgehead atoms. The second-order valence-electron chi connectivity index (χ2n) is 6.34. The number of amides is 1. The summed E-state index contributed by atoms with van der Waals surface area (Å²) in [6, 6.07) is 8.36. The number of nitrogens with one attached hydrogen (secondary N) is 1. The molecule has 0 saturated carbocycles. The molecule has 116 valence electrons. The molecule has 0 spiro atoms. The number of para-hydroxylation sites is 1. The van der Waals surface area contributed by atoms with E-state index in [0.29, 0.717) is 24.2 Å². The molecule has 2 unspecified atom stereocenters. The minimum atomic E-state index is 0. The molecule has 21 heavy (non-hydrogen) atoms. The molecular weight excluding hydrogens is 284 g/mol. The Kier molecular flexibility index (Phi) is 5.65. The summed E-state index contributed by atoms with van der Waals surface area (Å²) in [6.07, 6.45) is 4.03. The second-order valence-corrected chi connectivity index (χ2v) is 6.34. The molecule has 1 saturated heterocycles. The predicted molar refractivity (Wildman–Crippen MR) is 89.1 cm³/mol. The smallest absolute Gasteiger partial charge is 0.227 e. The summed E-state index contributed by atoms with van der Waals surface area (Å²) < 4.78 is 0.